The summed E-state index contributed by atoms with van der Waals surface area (Å²) in [5.41, 5.74) is 0. The molecule has 1 fully saturated rings. The van der Waals surface area contributed by atoms with Crippen molar-refractivity contribution in [3.8, 4) is 0 Å². The average Bonchev–Trinajstić information content (AvgIpc) is 2.35. The second kappa shape index (κ2) is 5.50. The fourth-order valence-corrected chi connectivity index (χ4v) is 2.28. The number of halogens is 1. The largest absolute Gasteiger partial charge is 0.354 e. The van der Waals surface area contributed by atoms with E-state index in [2.05, 4.69) is 29.1 Å². The molecule has 0 spiro atoms. The number of rotatable bonds is 3. The van der Waals surface area contributed by atoms with Crippen LogP contribution in [-0.4, -0.2) is 29.6 Å². The van der Waals surface area contributed by atoms with E-state index in [9.17, 15) is 4.39 Å². The number of anilines is 2. The van der Waals surface area contributed by atoms with Gasteiger partial charge in [0, 0.05) is 19.6 Å². The first-order chi connectivity index (χ1) is 8.61. The lowest BCUT2D eigenvalue weighted by Crippen LogP contribution is -2.39. The summed E-state index contributed by atoms with van der Waals surface area (Å²) in [6.45, 7) is 8.89. The number of nitrogens with zero attached hydrogens (tertiary/aromatic N) is 3. The predicted molar refractivity (Wildman–Crippen MR) is 71.3 cm³/mol. The molecule has 4 nitrogen and oxygen atoms in total. The highest BCUT2D eigenvalue weighted by Gasteiger charge is 2.25. The van der Waals surface area contributed by atoms with Crippen molar-refractivity contribution in [3.05, 3.63) is 12.0 Å². The monoisotopic (exact) mass is 252 g/mol. The van der Waals surface area contributed by atoms with Crippen LogP contribution in [-0.2, 0) is 0 Å². The Labute approximate surface area is 108 Å². The highest BCUT2D eigenvalue weighted by molar-refractivity contribution is 5.44. The van der Waals surface area contributed by atoms with Crippen LogP contribution in [0.4, 0.5) is 16.2 Å². The molecule has 2 rings (SSSR count). The molecule has 1 aliphatic rings. The van der Waals surface area contributed by atoms with Gasteiger partial charge in [-0.2, -0.15) is 4.98 Å². The molecule has 1 aromatic heterocycles. The van der Waals surface area contributed by atoms with E-state index in [1.807, 2.05) is 11.8 Å². The number of hydrogen-bond donors (Lipinski definition) is 1. The van der Waals surface area contributed by atoms with E-state index in [0.717, 1.165) is 26.1 Å². The van der Waals surface area contributed by atoms with Gasteiger partial charge in [-0.05, 0) is 25.2 Å². The molecule has 0 aliphatic carbocycles. The van der Waals surface area contributed by atoms with Crippen molar-refractivity contribution >= 4 is 11.8 Å². The van der Waals surface area contributed by atoms with E-state index in [-0.39, 0.29) is 5.82 Å². The van der Waals surface area contributed by atoms with Crippen LogP contribution < -0.4 is 10.2 Å². The summed E-state index contributed by atoms with van der Waals surface area (Å²) in [7, 11) is 0. The Morgan fingerprint density at radius 1 is 1.44 bits per heavy atom. The minimum Gasteiger partial charge on any atom is -0.354 e. The first-order valence-corrected chi connectivity index (χ1v) is 6.63. The molecule has 0 aromatic carbocycles. The quantitative estimate of drug-likeness (QED) is 0.897. The van der Waals surface area contributed by atoms with E-state index in [1.54, 1.807) is 0 Å². The van der Waals surface area contributed by atoms with E-state index in [4.69, 9.17) is 0 Å². The van der Waals surface area contributed by atoms with E-state index < -0.39 is 0 Å². The summed E-state index contributed by atoms with van der Waals surface area (Å²) >= 11 is 0. The lowest BCUT2D eigenvalue weighted by molar-refractivity contribution is 0.321. The molecule has 1 aromatic rings. The maximum Gasteiger partial charge on any atom is 0.224 e. The molecule has 1 N–H and O–H groups in total. The maximum atomic E-state index is 13.8. The molecular formula is C13H21FN4. The second-order valence-electron chi connectivity index (χ2n) is 5.08. The maximum absolute atomic E-state index is 13.8. The van der Waals surface area contributed by atoms with Gasteiger partial charge in [0.1, 0.15) is 0 Å². The Hall–Kier alpha value is -1.39. The third kappa shape index (κ3) is 2.71. The van der Waals surface area contributed by atoms with E-state index in [1.165, 1.54) is 6.20 Å². The van der Waals surface area contributed by atoms with Gasteiger partial charge in [-0.15, -0.1) is 0 Å². The van der Waals surface area contributed by atoms with Gasteiger partial charge in [0.15, 0.2) is 11.6 Å². The van der Waals surface area contributed by atoms with Crippen LogP contribution in [0.1, 0.15) is 27.2 Å². The van der Waals surface area contributed by atoms with Gasteiger partial charge >= 0.3 is 0 Å². The summed E-state index contributed by atoms with van der Waals surface area (Å²) in [6, 6.07) is 0. The molecule has 0 radical (unpaired) electrons. The minimum atomic E-state index is -0.335. The number of nitrogens with one attached hydrogen (secondary N) is 1. The normalized spacial score (nSPS) is 24.1. The van der Waals surface area contributed by atoms with Gasteiger partial charge in [0.25, 0.3) is 0 Å². The van der Waals surface area contributed by atoms with Crippen LogP contribution in [0, 0.1) is 17.7 Å². The Morgan fingerprint density at radius 2 is 2.22 bits per heavy atom. The van der Waals surface area contributed by atoms with Crippen LogP contribution in [0.15, 0.2) is 6.20 Å². The molecule has 0 bridgehead atoms. The fourth-order valence-electron chi connectivity index (χ4n) is 2.28. The Balaban J connectivity index is 2.19. The molecule has 5 heteroatoms. The van der Waals surface area contributed by atoms with Gasteiger partial charge in [0.05, 0.1) is 6.20 Å². The second-order valence-corrected chi connectivity index (χ2v) is 5.08. The molecule has 2 unspecified atom stereocenters. The number of aromatic nitrogens is 2. The van der Waals surface area contributed by atoms with Crippen LogP contribution in [0.3, 0.4) is 0 Å². The lowest BCUT2D eigenvalue weighted by Gasteiger charge is -2.36. The van der Waals surface area contributed by atoms with Crippen molar-refractivity contribution in [2.24, 2.45) is 11.8 Å². The van der Waals surface area contributed by atoms with Gasteiger partial charge in [-0.25, -0.2) is 9.37 Å². The van der Waals surface area contributed by atoms with Crippen molar-refractivity contribution in [2.45, 2.75) is 27.2 Å². The van der Waals surface area contributed by atoms with Crippen molar-refractivity contribution in [1.29, 1.82) is 0 Å². The zero-order valence-corrected chi connectivity index (χ0v) is 11.3. The van der Waals surface area contributed by atoms with Crippen molar-refractivity contribution in [1.82, 2.24) is 9.97 Å². The zero-order valence-electron chi connectivity index (χ0n) is 11.3. The molecule has 0 amide bonds. The highest BCUT2D eigenvalue weighted by Crippen LogP contribution is 2.27. The molecule has 0 saturated carbocycles. The van der Waals surface area contributed by atoms with E-state index >= 15 is 0 Å². The average molecular weight is 252 g/mol. The van der Waals surface area contributed by atoms with Crippen LogP contribution in [0.2, 0.25) is 0 Å². The Morgan fingerprint density at radius 3 is 2.89 bits per heavy atom. The van der Waals surface area contributed by atoms with Crippen LogP contribution in [0.25, 0.3) is 0 Å². The molecular weight excluding hydrogens is 231 g/mol. The van der Waals surface area contributed by atoms with E-state index in [0.29, 0.717) is 23.6 Å². The summed E-state index contributed by atoms with van der Waals surface area (Å²) in [5.74, 6) is 1.85. The van der Waals surface area contributed by atoms with Crippen molar-refractivity contribution < 1.29 is 4.39 Å². The fraction of sp³-hybridized carbons (Fsp3) is 0.692. The SMILES string of the molecule is CCNc1ncc(F)c(N2CCC(C)C(C)C2)n1. The standard InChI is InChI=1S/C13H21FN4/c1-4-15-13-16-7-11(14)12(17-13)18-6-5-9(2)10(3)8-18/h7,9-10H,4-6,8H2,1-3H3,(H,15,16,17). The minimum absolute atomic E-state index is 0.335. The summed E-state index contributed by atoms with van der Waals surface area (Å²) in [4.78, 5) is 10.2. The van der Waals surface area contributed by atoms with Crippen molar-refractivity contribution in [3.63, 3.8) is 0 Å². The van der Waals surface area contributed by atoms with Gasteiger partial charge in [-0.1, -0.05) is 13.8 Å². The number of piperidine rings is 1. The van der Waals surface area contributed by atoms with Gasteiger partial charge in [-0.3, -0.25) is 0 Å². The third-order valence-electron chi connectivity index (χ3n) is 3.69. The first-order valence-electron chi connectivity index (χ1n) is 6.63. The molecule has 18 heavy (non-hydrogen) atoms. The van der Waals surface area contributed by atoms with Crippen LogP contribution >= 0.6 is 0 Å². The first kappa shape index (κ1) is 13.1. The molecule has 1 saturated heterocycles. The van der Waals surface area contributed by atoms with Crippen molar-refractivity contribution in [2.75, 3.05) is 29.9 Å². The molecule has 100 valence electrons. The predicted octanol–water partition coefficient (Wildman–Crippen LogP) is 2.53. The molecule has 2 heterocycles. The third-order valence-corrected chi connectivity index (χ3v) is 3.69. The van der Waals surface area contributed by atoms with Gasteiger partial charge in [0.2, 0.25) is 5.95 Å². The lowest BCUT2D eigenvalue weighted by atomic mass is 9.89. The Kier molecular flexibility index (Phi) is 3.99. The molecule has 2 atom stereocenters. The smallest absolute Gasteiger partial charge is 0.224 e. The van der Waals surface area contributed by atoms with Gasteiger partial charge < -0.3 is 10.2 Å². The topological polar surface area (TPSA) is 41.1 Å². The summed E-state index contributed by atoms with van der Waals surface area (Å²) in [5, 5.41) is 3.02. The Bertz CT molecular complexity index is 410. The number of hydrogen-bond acceptors (Lipinski definition) is 4. The zero-order chi connectivity index (χ0) is 13.1. The highest BCUT2D eigenvalue weighted by atomic mass is 19.1. The summed E-state index contributed by atoms with van der Waals surface area (Å²) in [6.07, 6.45) is 2.34. The summed E-state index contributed by atoms with van der Waals surface area (Å²) < 4.78 is 13.8. The van der Waals surface area contributed by atoms with Crippen LogP contribution in [0.5, 0.6) is 0 Å². The molecule has 1 aliphatic heterocycles.